The van der Waals surface area contributed by atoms with E-state index >= 15 is 0 Å². The highest BCUT2D eigenvalue weighted by atomic mass is 16.5. The van der Waals surface area contributed by atoms with Gasteiger partial charge in [-0.1, -0.05) is 18.6 Å². The fraction of sp³-hybridized carbons (Fsp3) is 0.464. The molecule has 0 amide bonds. The maximum atomic E-state index is 13.0. The van der Waals surface area contributed by atoms with E-state index in [0.29, 0.717) is 35.6 Å². The molecule has 2 atom stereocenters. The molecule has 2 aromatic carbocycles. The number of rotatable bonds is 4. The summed E-state index contributed by atoms with van der Waals surface area (Å²) in [6.45, 7) is 4.88. The molecule has 4 heterocycles. The van der Waals surface area contributed by atoms with Gasteiger partial charge in [0, 0.05) is 24.5 Å². The van der Waals surface area contributed by atoms with Crippen molar-refractivity contribution in [2.24, 2.45) is 5.92 Å². The van der Waals surface area contributed by atoms with Crippen molar-refractivity contribution in [3.8, 4) is 22.6 Å². The van der Waals surface area contributed by atoms with Crippen LogP contribution >= 0.6 is 0 Å². The first-order chi connectivity index (χ1) is 16.7. The number of ether oxygens (including phenoxy) is 2. The van der Waals surface area contributed by atoms with Crippen LogP contribution in [0.5, 0.6) is 11.5 Å². The molecule has 3 aromatic rings. The summed E-state index contributed by atoms with van der Waals surface area (Å²) in [6.07, 6.45) is 6.59. The average molecular weight is 461 g/mol. The molecule has 34 heavy (non-hydrogen) atoms. The zero-order valence-electron chi connectivity index (χ0n) is 19.8. The van der Waals surface area contributed by atoms with Gasteiger partial charge in [-0.15, -0.1) is 0 Å². The first-order valence-electron chi connectivity index (χ1n) is 12.5. The van der Waals surface area contributed by atoms with E-state index in [0.717, 1.165) is 35.4 Å². The predicted molar refractivity (Wildman–Crippen MR) is 132 cm³/mol. The van der Waals surface area contributed by atoms with Crippen LogP contribution in [0.1, 0.15) is 37.7 Å². The molecule has 6 rings (SSSR count). The maximum Gasteiger partial charge on any atom is 0.344 e. The highest BCUT2D eigenvalue weighted by Crippen LogP contribution is 2.36. The molecule has 0 saturated carbocycles. The van der Waals surface area contributed by atoms with Crippen LogP contribution in [-0.2, 0) is 6.54 Å². The van der Waals surface area contributed by atoms with Gasteiger partial charge in [-0.2, -0.15) is 0 Å². The standard InChI is InChI=1S/C28H32N2O4/c1-32-22-8-4-6-19(14-22)23-15-20-10-11-26-24(27(20)34-28(23)31)17-29(18-33-26)16-21-7-5-13-30-12-3-2-9-25(21)30/h4,6,8,10-11,14-15,21,25H,2-3,5,7,9,12-13,16-18H2,1H3/t21-,25+/m0/s1. The third-order valence-electron chi connectivity index (χ3n) is 7.85. The lowest BCUT2D eigenvalue weighted by molar-refractivity contribution is 0.0146. The molecule has 6 nitrogen and oxygen atoms in total. The lowest BCUT2D eigenvalue weighted by Gasteiger charge is -2.46. The lowest BCUT2D eigenvalue weighted by atomic mass is 9.83. The first-order valence-corrected chi connectivity index (χ1v) is 12.5. The monoisotopic (exact) mass is 460 g/mol. The molecule has 0 radical (unpaired) electrons. The van der Waals surface area contributed by atoms with Crippen LogP contribution in [0.25, 0.3) is 22.1 Å². The molecule has 2 saturated heterocycles. The smallest absolute Gasteiger partial charge is 0.344 e. The van der Waals surface area contributed by atoms with Crippen molar-refractivity contribution < 1.29 is 13.9 Å². The van der Waals surface area contributed by atoms with E-state index in [4.69, 9.17) is 13.9 Å². The van der Waals surface area contributed by atoms with Crippen molar-refractivity contribution in [3.05, 3.63) is 58.4 Å². The van der Waals surface area contributed by atoms with Crippen molar-refractivity contribution in [1.29, 1.82) is 0 Å². The molecule has 0 spiro atoms. The Hall–Kier alpha value is -2.83. The third-order valence-corrected chi connectivity index (χ3v) is 7.85. The summed E-state index contributed by atoms with van der Waals surface area (Å²) >= 11 is 0. The van der Waals surface area contributed by atoms with Crippen LogP contribution in [-0.4, -0.2) is 49.3 Å². The van der Waals surface area contributed by atoms with Crippen molar-refractivity contribution in [2.45, 2.75) is 44.7 Å². The predicted octanol–water partition coefficient (Wildman–Crippen LogP) is 4.89. The van der Waals surface area contributed by atoms with Crippen LogP contribution < -0.4 is 15.1 Å². The second kappa shape index (κ2) is 9.08. The van der Waals surface area contributed by atoms with Crippen LogP contribution in [0, 0.1) is 5.92 Å². The van der Waals surface area contributed by atoms with Crippen molar-refractivity contribution in [2.75, 3.05) is 33.5 Å². The van der Waals surface area contributed by atoms with Gasteiger partial charge in [-0.3, -0.25) is 4.90 Å². The summed E-state index contributed by atoms with van der Waals surface area (Å²) in [5.41, 5.74) is 2.62. The number of hydrogen-bond donors (Lipinski definition) is 0. The highest BCUT2D eigenvalue weighted by Gasteiger charge is 2.35. The number of fused-ring (bicyclic) bond motifs is 4. The van der Waals surface area contributed by atoms with Crippen LogP contribution in [0.2, 0.25) is 0 Å². The highest BCUT2D eigenvalue weighted by molar-refractivity contribution is 5.86. The van der Waals surface area contributed by atoms with Crippen LogP contribution in [0.4, 0.5) is 0 Å². The Balaban J connectivity index is 1.28. The van der Waals surface area contributed by atoms with E-state index in [9.17, 15) is 4.79 Å². The second-order valence-electron chi connectivity index (χ2n) is 9.93. The van der Waals surface area contributed by atoms with Crippen LogP contribution in [0.3, 0.4) is 0 Å². The summed E-state index contributed by atoms with van der Waals surface area (Å²) in [5, 5.41) is 0.915. The Bertz CT molecular complexity index is 1250. The molecule has 3 aliphatic heterocycles. The molecule has 178 valence electrons. The first kappa shape index (κ1) is 21.7. The van der Waals surface area contributed by atoms with Crippen molar-refractivity contribution in [3.63, 3.8) is 0 Å². The molecule has 0 N–H and O–H groups in total. The van der Waals surface area contributed by atoms with E-state index in [2.05, 4.69) is 9.80 Å². The molecule has 0 unspecified atom stereocenters. The molecular weight excluding hydrogens is 428 g/mol. The topological polar surface area (TPSA) is 55.2 Å². The van der Waals surface area contributed by atoms with Gasteiger partial charge in [-0.25, -0.2) is 4.79 Å². The lowest BCUT2D eigenvalue weighted by Crippen LogP contribution is -2.51. The third kappa shape index (κ3) is 3.99. The van der Waals surface area contributed by atoms with E-state index < -0.39 is 0 Å². The van der Waals surface area contributed by atoms with E-state index in [1.54, 1.807) is 7.11 Å². The summed E-state index contributed by atoms with van der Waals surface area (Å²) in [6, 6.07) is 14.1. The summed E-state index contributed by atoms with van der Waals surface area (Å²) in [5.74, 6) is 2.22. The number of piperidine rings is 2. The van der Waals surface area contributed by atoms with Gasteiger partial charge in [-0.05, 0) is 80.6 Å². The minimum atomic E-state index is -0.337. The number of methoxy groups -OCH3 is 1. The fourth-order valence-electron chi connectivity index (χ4n) is 6.17. The zero-order chi connectivity index (χ0) is 23.1. The molecule has 0 aliphatic carbocycles. The number of hydrogen-bond acceptors (Lipinski definition) is 6. The minimum Gasteiger partial charge on any atom is -0.497 e. The Morgan fingerprint density at radius 1 is 1.06 bits per heavy atom. The quantitative estimate of drug-likeness (QED) is 0.517. The van der Waals surface area contributed by atoms with Gasteiger partial charge < -0.3 is 18.8 Å². The van der Waals surface area contributed by atoms with Crippen molar-refractivity contribution >= 4 is 11.0 Å². The molecule has 2 fully saturated rings. The number of benzene rings is 2. The van der Waals surface area contributed by atoms with Gasteiger partial charge in [0.25, 0.3) is 0 Å². The van der Waals surface area contributed by atoms with Gasteiger partial charge >= 0.3 is 5.63 Å². The van der Waals surface area contributed by atoms with E-state index in [-0.39, 0.29) is 5.63 Å². The summed E-state index contributed by atoms with van der Waals surface area (Å²) in [7, 11) is 1.62. The maximum absolute atomic E-state index is 13.0. The van der Waals surface area contributed by atoms with E-state index in [1.807, 2.05) is 42.5 Å². The Morgan fingerprint density at radius 2 is 1.97 bits per heavy atom. The molecule has 6 heteroatoms. The van der Waals surface area contributed by atoms with Gasteiger partial charge in [0.1, 0.15) is 23.8 Å². The second-order valence-corrected chi connectivity index (χ2v) is 9.93. The SMILES string of the molecule is COc1cccc(-c2cc3ccc4c(c3oc2=O)CN(C[C@@H]2CCCN3CCCC[C@H]23)CO4)c1. The summed E-state index contributed by atoms with van der Waals surface area (Å²) in [4.78, 5) is 18.1. The van der Waals surface area contributed by atoms with Crippen molar-refractivity contribution in [1.82, 2.24) is 9.80 Å². The molecular formula is C28H32N2O4. The molecule has 3 aliphatic rings. The largest absolute Gasteiger partial charge is 0.497 e. The van der Waals surface area contributed by atoms with E-state index in [1.165, 1.54) is 45.2 Å². The Kier molecular flexibility index (Phi) is 5.79. The average Bonchev–Trinajstić information content (AvgIpc) is 2.88. The summed E-state index contributed by atoms with van der Waals surface area (Å²) < 4.78 is 17.4. The van der Waals surface area contributed by atoms with Gasteiger partial charge in [0.05, 0.1) is 18.2 Å². The number of nitrogens with zero attached hydrogens (tertiary/aromatic N) is 2. The molecule has 0 bridgehead atoms. The normalized spacial score (nSPS) is 23.2. The minimum absolute atomic E-state index is 0.337. The fourth-order valence-corrected chi connectivity index (χ4v) is 6.17. The van der Waals surface area contributed by atoms with Gasteiger partial charge in [0.15, 0.2) is 0 Å². The Labute approximate surface area is 200 Å². The molecule has 1 aromatic heterocycles. The Morgan fingerprint density at radius 3 is 2.88 bits per heavy atom. The van der Waals surface area contributed by atoms with Gasteiger partial charge in [0.2, 0.25) is 0 Å². The zero-order valence-corrected chi connectivity index (χ0v) is 19.8. The van der Waals surface area contributed by atoms with Crippen LogP contribution in [0.15, 0.2) is 51.7 Å².